The number of hydrogen-bond donors (Lipinski definition) is 0. The summed E-state index contributed by atoms with van der Waals surface area (Å²) in [7, 11) is 0. The minimum absolute atomic E-state index is 0.136. The second-order valence-corrected chi connectivity index (χ2v) is 8.33. The molecule has 2 aliphatic rings. The van der Waals surface area contributed by atoms with Gasteiger partial charge in [0.1, 0.15) is 5.75 Å². The highest BCUT2D eigenvalue weighted by molar-refractivity contribution is 5.66. The Bertz CT molecular complexity index is 796. The quantitative estimate of drug-likeness (QED) is 0.465. The van der Waals surface area contributed by atoms with Crippen LogP contribution in [0.1, 0.15) is 31.7 Å². The van der Waals surface area contributed by atoms with Gasteiger partial charge in [-0.15, -0.1) is 0 Å². The predicted molar refractivity (Wildman–Crippen MR) is 119 cm³/mol. The van der Waals surface area contributed by atoms with Gasteiger partial charge in [0.2, 0.25) is 0 Å². The molecule has 160 valence electrons. The lowest BCUT2D eigenvalue weighted by Crippen LogP contribution is -2.39. The molecule has 2 saturated heterocycles. The molecule has 0 bridgehead atoms. The predicted octanol–water partition coefficient (Wildman–Crippen LogP) is 3.91. The summed E-state index contributed by atoms with van der Waals surface area (Å²) in [5, 5.41) is 0. The van der Waals surface area contributed by atoms with E-state index >= 15 is 0 Å². The van der Waals surface area contributed by atoms with Gasteiger partial charge in [-0.1, -0.05) is 30.3 Å². The minimum atomic E-state index is -0.534. The fraction of sp³-hybridized carbons (Fsp3) is 0.480. The molecule has 0 spiro atoms. The van der Waals surface area contributed by atoms with Crippen LogP contribution in [0.3, 0.4) is 0 Å². The Hall–Kier alpha value is -2.37. The summed E-state index contributed by atoms with van der Waals surface area (Å²) in [6.07, 6.45) is 4.87. The third-order valence-electron chi connectivity index (χ3n) is 6.24. The van der Waals surface area contributed by atoms with Crippen molar-refractivity contribution in [2.24, 2.45) is 0 Å². The number of ether oxygens (including phenoxy) is 2. The molecule has 0 N–H and O–H groups in total. The first-order chi connectivity index (χ1) is 14.7. The zero-order chi connectivity index (χ0) is 20.8. The van der Waals surface area contributed by atoms with Gasteiger partial charge in [0.15, 0.2) is 12.5 Å². The van der Waals surface area contributed by atoms with Crippen LogP contribution in [0.5, 0.6) is 5.75 Å². The van der Waals surface area contributed by atoms with Crippen LogP contribution in [0.15, 0.2) is 54.6 Å². The lowest BCUT2D eigenvalue weighted by atomic mass is 10.1. The number of benzene rings is 2. The smallest absolute Gasteiger partial charge is 0.187 e. The van der Waals surface area contributed by atoms with Gasteiger partial charge in [0.05, 0.1) is 19.3 Å². The van der Waals surface area contributed by atoms with Crippen molar-refractivity contribution in [1.29, 1.82) is 0 Å². The van der Waals surface area contributed by atoms with E-state index in [1.807, 2.05) is 42.5 Å². The van der Waals surface area contributed by atoms with E-state index in [0.717, 1.165) is 43.7 Å². The molecule has 0 saturated carbocycles. The molecule has 5 nitrogen and oxygen atoms in total. The summed E-state index contributed by atoms with van der Waals surface area (Å²) in [5.74, 6) is 0.871. The zero-order valence-electron chi connectivity index (χ0n) is 17.8. The molecule has 30 heavy (non-hydrogen) atoms. The van der Waals surface area contributed by atoms with Crippen molar-refractivity contribution in [3.05, 3.63) is 60.2 Å². The summed E-state index contributed by atoms with van der Waals surface area (Å²) in [6, 6.07) is 19.2. The molecule has 2 heterocycles. The van der Waals surface area contributed by atoms with Gasteiger partial charge in [0.25, 0.3) is 0 Å². The van der Waals surface area contributed by atoms with Gasteiger partial charge in [0, 0.05) is 18.3 Å². The van der Waals surface area contributed by atoms with Crippen molar-refractivity contribution in [3.63, 3.8) is 0 Å². The van der Waals surface area contributed by atoms with Crippen LogP contribution in [0, 0.1) is 0 Å². The number of hydrogen-bond acceptors (Lipinski definition) is 5. The Morgan fingerprint density at radius 2 is 1.93 bits per heavy atom. The van der Waals surface area contributed by atoms with Crippen molar-refractivity contribution in [3.8, 4) is 5.75 Å². The van der Waals surface area contributed by atoms with Crippen LogP contribution < -0.4 is 9.64 Å². The third-order valence-corrected chi connectivity index (χ3v) is 6.24. The van der Waals surface area contributed by atoms with E-state index in [2.05, 4.69) is 28.9 Å². The summed E-state index contributed by atoms with van der Waals surface area (Å²) >= 11 is 0. The summed E-state index contributed by atoms with van der Waals surface area (Å²) in [5.41, 5.74) is 2.23. The number of anilines is 1. The Kier molecular flexibility index (Phi) is 7.03. The molecule has 2 aromatic carbocycles. The molecule has 0 amide bonds. The van der Waals surface area contributed by atoms with Gasteiger partial charge in [-0.25, -0.2) is 0 Å². The Morgan fingerprint density at radius 1 is 1.13 bits per heavy atom. The average molecular weight is 409 g/mol. The standard InChI is InChI=1S/C25H32N2O3/c1-20-7-5-14-26(20)15-6-16-29-24-12-10-22(11-13-24)27-23(19-30-25(27)18-28)17-21-8-3-2-4-9-21/h2-4,8-13,18,20,23,25H,5-7,14-17,19H2,1H3. The van der Waals surface area contributed by atoms with E-state index < -0.39 is 6.23 Å². The van der Waals surface area contributed by atoms with E-state index in [1.54, 1.807) is 0 Å². The molecule has 2 aromatic rings. The largest absolute Gasteiger partial charge is 0.494 e. The summed E-state index contributed by atoms with van der Waals surface area (Å²) in [4.78, 5) is 16.2. The van der Waals surface area contributed by atoms with Gasteiger partial charge < -0.3 is 19.3 Å². The summed E-state index contributed by atoms with van der Waals surface area (Å²) in [6.45, 7) is 5.91. The monoisotopic (exact) mass is 408 g/mol. The van der Waals surface area contributed by atoms with Crippen LogP contribution in [0.4, 0.5) is 5.69 Å². The highest BCUT2D eigenvalue weighted by Gasteiger charge is 2.34. The molecule has 0 radical (unpaired) electrons. The van der Waals surface area contributed by atoms with Gasteiger partial charge in [-0.3, -0.25) is 4.79 Å². The van der Waals surface area contributed by atoms with Gasteiger partial charge in [-0.2, -0.15) is 0 Å². The number of nitrogens with zero attached hydrogens (tertiary/aromatic N) is 2. The Balaban J connectivity index is 1.33. The molecule has 5 heteroatoms. The first kappa shape index (κ1) is 20.9. The summed E-state index contributed by atoms with van der Waals surface area (Å²) < 4.78 is 11.7. The number of rotatable bonds is 9. The van der Waals surface area contributed by atoms with Crippen molar-refractivity contribution in [1.82, 2.24) is 4.90 Å². The minimum Gasteiger partial charge on any atom is -0.494 e. The van der Waals surface area contributed by atoms with Gasteiger partial charge in [-0.05, 0) is 69.0 Å². The number of carbonyl (C=O) groups is 1. The van der Waals surface area contributed by atoms with Crippen LogP contribution in [0.25, 0.3) is 0 Å². The van der Waals surface area contributed by atoms with E-state index in [4.69, 9.17) is 9.47 Å². The maximum Gasteiger partial charge on any atom is 0.187 e. The maximum atomic E-state index is 11.6. The molecular weight excluding hydrogens is 376 g/mol. The van der Waals surface area contributed by atoms with E-state index in [9.17, 15) is 4.79 Å². The lowest BCUT2D eigenvalue weighted by molar-refractivity contribution is -0.115. The molecule has 2 aliphatic heterocycles. The molecule has 2 fully saturated rings. The fourth-order valence-electron chi connectivity index (χ4n) is 4.58. The topological polar surface area (TPSA) is 42.0 Å². The van der Waals surface area contributed by atoms with Crippen molar-refractivity contribution < 1.29 is 14.3 Å². The molecule has 3 unspecified atom stereocenters. The van der Waals surface area contributed by atoms with Gasteiger partial charge >= 0.3 is 0 Å². The van der Waals surface area contributed by atoms with E-state index in [1.165, 1.54) is 24.9 Å². The number of aldehydes is 1. The molecule has 0 aliphatic carbocycles. The van der Waals surface area contributed by atoms with Crippen molar-refractivity contribution in [2.75, 3.05) is 31.2 Å². The fourth-order valence-corrected chi connectivity index (χ4v) is 4.58. The Morgan fingerprint density at radius 3 is 2.63 bits per heavy atom. The van der Waals surface area contributed by atoms with Crippen LogP contribution >= 0.6 is 0 Å². The zero-order valence-corrected chi connectivity index (χ0v) is 17.8. The molecule has 0 aromatic heterocycles. The molecule has 4 rings (SSSR count). The first-order valence-electron chi connectivity index (χ1n) is 11.1. The normalized spacial score (nSPS) is 24.3. The third kappa shape index (κ3) is 5.02. The highest BCUT2D eigenvalue weighted by Crippen LogP contribution is 2.29. The van der Waals surface area contributed by atoms with Crippen LogP contribution in [-0.2, 0) is 16.0 Å². The second kappa shape index (κ2) is 10.1. The molecular formula is C25H32N2O3. The number of likely N-dealkylation sites (tertiary alicyclic amines) is 1. The first-order valence-corrected chi connectivity index (χ1v) is 11.1. The Labute approximate surface area is 179 Å². The highest BCUT2D eigenvalue weighted by atomic mass is 16.5. The van der Waals surface area contributed by atoms with Crippen LogP contribution in [0.2, 0.25) is 0 Å². The average Bonchev–Trinajstić information content (AvgIpc) is 3.38. The van der Waals surface area contributed by atoms with E-state index in [-0.39, 0.29) is 6.04 Å². The number of carbonyl (C=O) groups excluding carboxylic acids is 1. The second-order valence-electron chi connectivity index (χ2n) is 8.33. The maximum absolute atomic E-state index is 11.6. The molecule has 3 atom stereocenters. The van der Waals surface area contributed by atoms with E-state index in [0.29, 0.717) is 12.6 Å². The lowest BCUT2D eigenvalue weighted by Gasteiger charge is -2.28. The van der Waals surface area contributed by atoms with Crippen molar-refractivity contribution >= 4 is 12.0 Å². The SMILES string of the molecule is CC1CCCN1CCCOc1ccc(N2C(Cc3ccccc3)COC2C=O)cc1. The van der Waals surface area contributed by atoms with Crippen LogP contribution in [-0.4, -0.2) is 55.8 Å². The van der Waals surface area contributed by atoms with Crippen molar-refractivity contribution in [2.45, 2.75) is 50.9 Å².